The number of fused-ring (bicyclic) bond motifs is 2. The zero-order valence-corrected chi connectivity index (χ0v) is 11.8. The Labute approximate surface area is 122 Å². The van der Waals surface area contributed by atoms with Crippen molar-refractivity contribution in [3.05, 3.63) is 67.0 Å². The second kappa shape index (κ2) is 5.63. The van der Waals surface area contributed by atoms with Crippen molar-refractivity contribution in [3.8, 4) is 0 Å². The molecular weight excluding hydrogens is 260 g/mol. The predicted molar refractivity (Wildman–Crippen MR) is 86.9 cm³/mol. The Kier molecular flexibility index (Phi) is 3.51. The van der Waals surface area contributed by atoms with Gasteiger partial charge in [0, 0.05) is 29.7 Å². The van der Waals surface area contributed by atoms with Crippen molar-refractivity contribution in [1.82, 2.24) is 14.8 Å². The smallest absolute Gasteiger partial charge is 0.0701 e. The molecule has 2 N–H and O–H groups in total. The van der Waals surface area contributed by atoms with Gasteiger partial charge in [0.25, 0.3) is 0 Å². The summed E-state index contributed by atoms with van der Waals surface area (Å²) in [5.74, 6) is 0. The SMILES string of the molecule is Cn1ncc2cc(N)ccc21.c1ccc2ncccc2c1. The standard InChI is InChI=1S/C9H7N.C8H9N3/c1-2-6-9-8(4-1)5-3-7-10-9;1-11-8-3-2-7(9)4-6(8)5-10-11/h1-7H;2-5H,9H2,1H3. The van der Waals surface area contributed by atoms with E-state index in [2.05, 4.69) is 22.2 Å². The van der Waals surface area contributed by atoms with E-state index in [1.807, 2.05) is 66.6 Å². The van der Waals surface area contributed by atoms with Gasteiger partial charge in [0.15, 0.2) is 0 Å². The third kappa shape index (κ3) is 2.84. The lowest BCUT2D eigenvalue weighted by Gasteiger charge is -1.94. The van der Waals surface area contributed by atoms with Crippen LogP contribution in [-0.2, 0) is 7.05 Å². The molecule has 0 aliphatic carbocycles. The molecule has 4 aromatic rings. The van der Waals surface area contributed by atoms with E-state index < -0.39 is 0 Å². The van der Waals surface area contributed by atoms with Gasteiger partial charge < -0.3 is 5.73 Å². The monoisotopic (exact) mass is 276 g/mol. The average molecular weight is 276 g/mol. The van der Waals surface area contributed by atoms with Crippen molar-refractivity contribution in [2.75, 3.05) is 5.73 Å². The number of anilines is 1. The van der Waals surface area contributed by atoms with Crippen LogP contribution in [0.2, 0.25) is 0 Å². The van der Waals surface area contributed by atoms with Gasteiger partial charge in [-0.05, 0) is 30.3 Å². The maximum Gasteiger partial charge on any atom is 0.0701 e. The number of nitrogens with two attached hydrogens (primary N) is 1. The molecule has 4 heteroatoms. The predicted octanol–water partition coefficient (Wildman–Crippen LogP) is 3.39. The molecule has 21 heavy (non-hydrogen) atoms. The van der Waals surface area contributed by atoms with E-state index in [9.17, 15) is 0 Å². The Morgan fingerprint density at radius 1 is 0.952 bits per heavy atom. The molecule has 0 bridgehead atoms. The van der Waals surface area contributed by atoms with Gasteiger partial charge in [0.1, 0.15) is 0 Å². The Morgan fingerprint density at radius 2 is 1.76 bits per heavy atom. The van der Waals surface area contributed by atoms with Crippen LogP contribution in [0.25, 0.3) is 21.8 Å². The molecule has 0 unspecified atom stereocenters. The molecule has 0 atom stereocenters. The van der Waals surface area contributed by atoms with E-state index in [0.29, 0.717) is 0 Å². The highest BCUT2D eigenvalue weighted by Crippen LogP contribution is 2.15. The second-order valence-corrected chi connectivity index (χ2v) is 4.78. The normalized spacial score (nSPS) is 10.3. The number of para-hydroxylation sites is 1. The van der Waals surface area contributed by atoms with Gasteiger partial charge in [0.05, 0.1) is 17.2 Å². The van der Waals surface area contributed by atoms with E-state index in [-0.39, 0.29) is 0 Å². The Hall–Kier alpha value is -2.88. The molecule has 104 valence electrons. The molecule has 0 radical (unpaired) electrons. The summed E-state index contributed by atoms with van der Waals surface area (Å²) in [7, 11) is 1.92. The number of aryl methyl sites for hydroxylation is 1. The maximum atomic E-state index is 5.60. The number of benzene rings is 2. The lowest BCUT2D eigenvalue weighted by molar-refractivity contribution is 0.797. The van der Waals surface area contributed by atoms with Crippen LogP contribution in [0.15, 0.2) is 67.0 Å². The highest BCUT2D eigenvalue weighted by atomic mass is 15.2. The summed E-state index contributed by atoms with van der Waals surface area (Å²) in [5.41, 5.74) is 8.55. The summed E-state index contributed by atoms with van der Waals surface area (Å²) in [6.07, 6.45) is 3.62. The minimum absolute atomic E-state index is 0.783. The third-order valence-electron chi connectivity index (χ3n) is 3.28. The van der Waals surface area contributed by atoms with Crippen molar-refractivity contribution < 1.29 is 0 Å². The van der Waals surface area contributed by atoms with Crippen LogP contribution in [0.5, 0.6) is 0 Å². The van der Waals surface area contributed by atoms with Gasteiger partial charge in [-0.25, -0.2) is 0 Å². The molecule has 0 aliphatic heterocycles. The fourth-order valence-corrected chi connectivity index (χ4v) is 2.20. The molecule has 0 amide bonds. The van der Waals surface area contributed by atoms with Crippen molar-refractivity contribution in [1.29, 1.82) is 0 Å². The van der Waals surface area contributed by atoms with Gasteiger partial charge in [-0.1, -0.05) is 24.3 Å². The first-order chi connectivity index (χ1) is 10.2. The number of aromatic nitrogens is 3. The highest BCUT2D eigenvalue weighted by Gasteiger charge is 1.97. The van der Waals surface area contributed by atoms with Gasteiger partial charge >= 0.3 is 0 Å². The molecule has 0 spiro atoms. The quantitative estimate of drug-likeness (QED) is 0.501. The van der Waals surface area contributed by atoms with Crippen molar-refractivity contribution in [3.63, 3.8) is 0 Å². The molecule has 0 saturated carbocycles. The number of hydrogen-bond acceptors (Lipinski definition) is 3. The summed E-state index contributed by atoms with van der Waals surface area (Å²) in [4.78, 5) is 4.18. The summed E-state index contributed by atoms with van der Waals surface area (Å²) < 4.78 is 1.83. The molecule has 2 heterocycles. The summed E-state index contributed by atoms with van der Waals surface area (Å²) >= 11 is 0. The van der Waals surface area contributed by atoms with Gasteiger partial charge in [-0.2, -0.15) is 5.10 Å². The fraction of sp³-hybridized carbons (Fsp3) is 0.0588. The molecule has 2 aromatic carbocycles. The molecule has 0 saturated heterocycles. The number of nitrogens with zero attached hydrogens (tertiary/aromatic N) is 3. The first-order valence-corrected chi connectivity index (χ1v) is 6.71. The van der Waals surface area contributed by atoms with Crippen LogP contribution >= 0.6 is 0 Å². The van der Waals surface area contributed by atoms with Crippen molar-refractivity contribution in [2.24, 2.45) is 7.05 Å². The van der Waals surface area contributed by atoms with Gasteiger partial charge in [-0.3, -0.25) is 9.67 Å². The number of pyridine rings is 1. The van der Waals surface area contributed by atoms with E-state index in [4.69, 9.17) is 5.73 Å². The Balaban J connectivity index is 0.000000126. The molecule has 0 aliphatic rings. The zero-order valence-electron chi connectivity index (χ0n) is 11.8. The van der Waals surface area contributed by atoms with Crippen LogP contribution in [-0.4, -0.2) is 14.8 Å². The first-order valence-electron chi connectivity index (χ1n) is 6.71. The Morgan fingerprint density at radius 3 is 2.62 bits per heavy atom. The minimum atomic E-state index is 0.783. The number of rotatable bonds is 0. The van der Waals surface area contributed by atoms with Crippen LogP contribution < -0.4 is 5.73 Å². The van der Waals surface area contributed by atoms with Crippen molar-refractivity contribution in [2.45, 2.75) is 0 Å². The highest BCUT2D eigenvalue weighted by molar-refractivity contribution is 5.81. The molecular formula is C17H16N4. The van der Waals surface area contributed by atoms with Crippen LogP contribution in [0.1, 0.15) is 0 Å². The molecule has 4 rings (SSSR count). The van der Waals surface area contributed by atoms with E-state index in [0.717, 1.165) is 22.1 Å². The lowest BCUT2D eigenvalue weighted by Crippen LogP contribution is -1.88. The van der Waals surface area contributed by atoms with Crippen molar-refractivity contribution >= 4 is 27.5 Å². The number of nitrogen functional groups attached to an aromatic ring is 1. The third-order valence-corrected chi connectivity index (χ3v) is 3.28. The summed E-state index contributed by atoms with van der Waals surface area (Å²) in [5, 5.41) is 6.39. The second-order valence-electron chi connectivity index (χ2n) is 4.78. The fourth-order valence-electron chi connectivity index (χ4n) is 2.20. The van der Waals surface area contributed by atoms with Crippen LogP contribution in [0.4, 0.5) is 5.69 Å². The Bertz CT molecular complexity index is 815. The summed E-state index contributed by atoms with van der Waals surface area (Å²) in [6.45, 7) is 0. The minimum Gasteiger partial charge on any atom is -0.399 e. The van der Waals surface area contributed by atoms with E-state index in [1.165, 1.54) is 5.39 Å². The van der Waals surface area contributed by atoms with Crippen LogP contribution in [0, 0.1) is 0 Å². The average Bonchev–Trinajstić information content (AvgIpc) is 2.89. The maximum absolute atomic E-state index is 5.60. The topological polar surface area (TPSA) is 56.7 Å². The molecule has 0 fully saturated rings. The van der Waals surface area contributed by atoms with Gasteiger partial charge in [0.2, 0.25) is 0 Å². The largest absolute Gasteiger partial charge is 0.399 e. The molecule has 2 aromatic heterocycles. The number of hydrogen-bond donors (Lipinski definition) is 1. The molecule has 4 nitrogen and oxygen atoms in total. The van der Waals surface area contributed by atoms with E-state index in [1.54, 1.807) is 0 Å². The van der Waals surface area contributed by atoms with Crippen LogP contribution in [0.3, 0.4) is 0 Å². The first kappa shape index (κ1) is 13.1. The summed E-state index contributed by atoms with van der Waals surface area (Å²) in [6, 6.07) is 17.9. The van der Waals surface area contributed by atoms with Gasteiger partial charge in [-0.15, -0.1) is 0 Å². The zero-order chi connectivity index (χ0) is 14.7. The lowest BCUT2D eigenvalue weighted by atomic mass is 10.2. The van der Waals surface area contributed by atoms with E-state index >= 15 is 0 Å².